The van der Waals surface area contributed by atoms with Gasteiger partial charge in [0.25, 0.3) is 0 Å². The number of hydrogen-bond acceptors (Lipinski definition) is 8. The molecule has 3 aromatic rings. The van der Waals surface area contributed by atoms with Crippen LogP contribution in [0.2, 0.25) is 0 Å². The third-order valence-electron chi connectivity index (χ3n) is 8.66. The van der Waals surface area contributed by atoms with Crippen molar-refractivity contribution in [3.05, 3.63) is 71.7 Å². The number of fused-ring (bicyclic) bond motifs is 2. The van der Waals surface area contributed by atoms with Crippen LogP contribution in [0.3, 0.4) is 0 Å². The summed E-state index contributed by atoms with van der Waals surface area (Å²) in [6.45, 7) is 11.0. The van der Waals surface area contributed by atoms with Gasteiger partial charge >= 0.3 is 0 Å². The summed E-state index contributed by atoms with van der Waals surface area (Å²) < 4.78 is 11.5. The van der Waals surface area contributed by atoms with Gasteiger partial charge in [-0.25, -0.2) is 9.97 Å². The highest BCUT2D eigenvalue weighted by molar-refractivity contribution is 5.97. The van der Waals surface area contributed by atoms with E-state index in [9.17, 15) is 10.1 Å². The van der Waals surface area contributed by atoms with E-state index in [1.807, 2.05) is 0 Å². The minimum atomic E-state index is -0.215. The molecule has 4 heterocycles. The number of piperazine rings is 1. The lowest BCUT2D eigenvalue weighted by Crippen LogP contribution is -2.55. The summed E-state index contributed by atoms with van der Waals surface area (Å²) in [5, 5.41) is 12.0. The van der Waals surface area contributed by atoms with Crippen LogP contribution in [0.5, 0.6) is 0 Å². The Kier molecular flexibility index (Phi) is 8.36. The van der Waals surface area contributed by atoms with E-state index in [4.69, 9.17) is 19.4 Å². The zero-order chi connectivity index (χ0) is 29.1. The van der Waals surface area contributed by atoms with E-state index in [-0.39, 0.29) is 24.5 Å². The van der Waals surface area contributed by atoms with Crippen LogP contribution in [0.1, 0.15) is 35.5 Å². The summed E-state index contributed by atoms with van der Waals surface area (Å²) in [4.78, 5) is 29.2. The molecular formula is C33H38N6O3. The van der Waals surface area contributed by atoms with E-state index >= 15 is 0 Å². The molecule has 2 atom stereocenters. The predicted molar refractivity (Wildman–Crippen MR) is 162 cm³/mol. The van der Waals surface area contributed by atoms with Gasteiger partial charge < -0.3 is 24.2 Å². The average molecular weight is 567 g/mol. The number of aromatic nitrogens is 2. The molecule has 0 aliphatic carbocycles. The van der Waals surface area contributed by atoms with Crippen LogP contribution in [0, 0.1) is 18.3 Å². The zero-order valence-corrected chi connectivity index (χ0v) is 24.3. The first kappa shape index (κ1) is 28.1. The van der Waals surface area contributed by atoms with E-state index in [0.29, 0.717) is 45.8 Å². The summed E-state index contributed by atoms with van der Waals surface area (Å²) in [5.74, 6) is 1.57. The molecule has 0 N–H and O–H groups in total. The number of nitriles is 1. The number of hydrogen-bond donors (Lipinski definition) is 0. The van der Waals surface area contributed by atoms with Gasteiger partial charge in [0, 0.05) is 55.8 Å². The van der Waals surface area contributed by atoms with Gasteiger partial charge in [-0.05, 0) is 42.9 Å². The largest absolute Gasteiger partial charge is 0.379 e. The van der Waals surface area contributed by atoms with Gasteiger partial charge in [-0.1, -0.05) is 36.9 Å². The van der Waals surface area contributed by atoms with Gasteiger partial charge in [0.15, 0.2) is 0 Å². The molecule has 1 amide bonds. The smallest absolute Gasteiger partial charge is 0.246 e. The summed E-state index contributed by atoms with van der Waals surface area (Å²) >= 11 is 0. The van der Waals surface area contributed by atoms with Crippen molar-refractivity contribution >= 4 is 28.2 Å². The van der Waals surface area contributed by atoms with Crippen LogP contribution >= 0.6 is 0 Å². The number of nitrogens with zero attached hydrogens (tertiary/aromatic N) is 6. The van der Waals surface area contributed by atoms with Gasteiger partial charge in [0.05, 0.1) is 50.1 Å². The van der Waals surface area contributed by atoms with Crippen LogP contribution in [0.25, 0.3) is 10.8 Å². The molecular weight excluding hydrogens is 528 g/mol. The number of carbonyl (C=O) groups is 1. The van der Waals surface area contributed by atoms with Gasteiger partial charge in [0.2, 0.25) is 5.91 Å². The number of carbonyl (C=O) groups excluding carboxylic acids is 1. The molecule has 218 valence electrons. The second-order valence-electron chi connectivity index (χ2n) is 11.3. The SMILES string of the molecule is C=CC(=O)N1CCN(c2nc(CCO[C@H]3CCOC3)nc3c2CCN(c2cccc4cccc(C)c24)C3)C[C@@H]1CC#N. The number of anilines is 2. The summed E-state index contributed by atoms with van der Waals surface area (Å²) in [7, 11) is 0. The molecule has 6 rings (SSSR count). The van der Waals surface area contributed by atoms with Crippen LogP contribution in [-0.2, 0) is 33.7 Å². The molecule has 0 saturated carbocycles. The van der Waals surface area contributed by atoms with E-state index < -0.39 is 0 Å². The van der Waals surface area contributed by atoms with Gasteiger partial charge in [-0.3, -0.25) is 4.79 Å². The molecule has 1 aromatic heterocycles. The van der Waals surface area contributed by atoms with Gasteiger partial charge in [-0.15, -0.1) is 0 Å². The molecule has 2 fully saturated rings. The molecule has 9 heteroatoms. The van der Waals surface area contributed by atoms with E-state index in [1.165, 1.54) is 28.1 Å². The first-order chi connectivity index (χ1) is 20.6. The molecule has 3 aliphatic heterocycles. The fourth-order valence-electron chi connectivity index (χ4n) is 6.50. The van der Waals surface area contributed by atoms with E-state index in [2.05, 4.69) is 65.8 Å². The molecule has 0 spiro atoms. The first-order valence-electron chi connectivity index (χ1n) is 14.9. The Morgan fingerprint density at radius 1 is 1.19 bits per heavy atom. The molecule has 0 unspecified atom stereocenters. The Labute approximate surface area is 247 Å². The highest BCUT2D eigenvalue weighted by atomic mass is 16.5. The molecule has 2 saturated heterocycles. The highest BCUT2D eigenvalue weighted by Gasteiger charge is 2.33. The third-order valence-corrected chi connectivity index (χ3v) is 8.66. The first-order valence-corrected chi connectivity index (χ1v) is 14.9. The van der Waals surface area contributed by atoms with Crippen molar-refractivity contribution in [2.75, 3.05) is 55.8 Å². The molecule has 3 aliphatic rings. The number of rotatable bonds is 8. The Hall–Kier alpha value is -4.00. The van der Waals surface area contributed by atoms with Crippen LogP contribution < -0.4 is 9.80 Å². The lowest BCUT2D eigenvalue weighted by atomic mass is 9.99. The van der Waals surface area contributed by atoms with Crippen molar-refractivity contribution in [1.82, 2.24) is 14.9 Å². The molecule has 2 aromatic carbocycles. The number of aryl methyl sites for hydroxylation is 1. The number of benzene rings is 2. The van der Waals surface area contributed by atoms with Crippen molar-refractivity contribution in [2.24, 2.45) is 0 Å². The van der Waals surface area contributed by atoms with E-state index in [1.54, 1.807) is 4.90 Å². The Morgan fingerprint density at radius 2 is 2.05 bits per heavy atom. The minimum absolute atomic E-state index is 0.130. The highest BCUT2D eigenvalue weighted by Crippen LogP contribution is 2.35. The van der Waals surface area contributed by atoms with Crippen LogP contribution in [-0.4, -0.2) is 78.9 Å². The summed E-state index contributed by atoms with van der Waals surface area (Å²) in [5.41, 5.74) is 4.70. The fourth-order valence-corrected chi connectivity index (χ4v) is 6.50. The van der Waals surface area contributed by atoms with Crippen molar-refractivity contribution in [2.45, 2.75) is 51.3 Å². The predicted octanol–water partition coefficient (Wildman–Crippen LogP) is 3.97. The molecule has 9 nitrogen and oxygen atoms in total. The average Bonchev–Trinajstić information content (AvgIpc) is 3.54. The quantitative estimate of drug-likeness (QED) is 0.378. The number of ether oxygens (including phenoxy) is 2. The van der Waals surface area contributed by atoms with Crippen LogP contribution in [0.4, 0.5) is 11.5 Å². The van der Waals surface area contributed by atoms with Crippen molar-refractivity contribution < 1.29 is 14.3 Å². The Morgan fingerprint density at radius 3 is 2.83 bits per heavy atom. The zero-order valence-electron chi connectivity index (χ0n) is 24.3. The summed E-state index contributed by atoms with van der Waals surface area (Å²) in [6.07, 6.45) is 4.09. The van der Waals surface area contributed by atoms with Gasteiger partial charge in [-0.2, -0.15) is 5.26 Å². The maximum absolute atomic E-state index is 12.5. The standard InChI is InChI=1S/C33H38N6O3/c1-3-31(40)39-17-16-38(20-25(39)10-14-34)33-27-11-15-37(29-9-5-8-24-7-4-6-23(2)32(24)29)21-28(27)35-30(36-33)13-19-42-26-12-18-41-22-26/h3-9,25-26H,1,10-13,15-22H2,2H3/t25-,26-/m0/s1. The minimum Gasteiger partial charge on any atom is -0.379 e. The normalized spacial score (nSPS) is 20.4. The maximum atomic E-state index is 12.5. The Balaban J connectivity index is 1.31. The monoisotopic (exact) mass is 566 g/mol. The van der Waals surface area contributed by atoms with Crippen molar-refractivity contribution in [1.29, 1.82) is 5.26 Å². The fraction of sp³-hybridized carbons (Fsp3) is 0.455. The lowest BCUT2D eigenvalue weighted by molar-refractivity contribution is -0.128. The Bertz CT molecular complexity index is 1510. The molecule has 42 heavy (non-hydrogen) atoms. The van der Waals surface area contributed by atoms with Crippen LogP contribution in [0.15, 0.2) is 49.1 Å². The molecule has 0 bridgehead atoms. The topological polar surface area (TPSA) is 94.8 Å². The van der Waals surface area contributed by atoms with Crippen molar-refractivity contribution in [3.63, 3.8) is 0 Å². The van der Waals surface area contributed by atoms with E-state index in [0.717, 1.165) is 48.9 Å². The van der Waals surface area contributed by atoms with Crippen molar-refractivity contribution in [3.8, 4) is 6.07 Å². The second-order valence-corrected chi connectivity index (χ2v) is 11.3. The third kappa shape index (κ3) is 5.69. The van der Waals surface area contributed by atoms with Gasteiger partial charge in [0.1, 0.15) is 11.6 Å². The second kappa shape index (κ2) is 12.5. The maximum Gasteiger partial charge on any atom is 0.246 e. The number of amides is 1. The lowest BCUT2D eigenvalue weighted by Gasteiger charge is -2.42. The summed E-state index contributed by atoms with van der Waals surface area (Å²) in [6, 6.07) is 15.0. The molecule has 0 radical (unpaired) electrons.